The van der Waals surface area contributed by atoms with E-state index in [-0.39, 0.29) is 0 Å². The lowest BCUT2D eigenvalue weighted by atomic mass is 10.1. The number of nitrogens with two attached hydrogens (primary N) is 1. The quantitative estimate of drug-likeness (QED) is 0.684. The van der Waals surface area contributed by atoms with Gasteiger partial charge < -0.3 is 5.73 Å². The topological polar surface area (TPSA) is 54.7 Å². The average molecular weight is 209 g/mol. The fourth-order valence-corrected chi connectivity index (χ4v) is 1.52. The number of hydrogen-bond donors (Lipinski definition) is 2. The van der Waals surface area contributed by atoms with Gasteiger partial charge in [-0.2, -0.15) is 5.10 Å². The van der Waals surface area contributed by atoms with Crippen molar-refractivity contribution in [3.8, 4) is 0 Å². The average Bonchev–Trinajstić information content (AvgIpc) is 2.68. The number of aromatic amines is 1. The minimum absolute atomic E-state index is 0.633. The van der Waals surface area contributed by atoms with Crippen LogP contribution in [0.3, 0.4) is 0 Å². The molecule has 86 valence electrons. The number of hydrogen-bond acceptors (Lipinski definition) is 2. The molecule has 1 aliphatic rings. The Morgan fingerprint density at radius 3 is 2.40 bits per heavy atom. The van der Waals surface area contributed by atoms with Crippen LogP contribution in [-0.4, -0.2) is 10.2 Å². The number of nitrogens with zero attached hydrogens (tertiary/aromatic N) is 1. The smallest absolute Gasteiger partial charge is 0.153 e. The first-order valence-corrected chi connectivity index (χ1v) is 5.79. The SMILES string of the molecule is CC.CC.CC1=c2c(N)n[nH]c2=CCC1. The Labute approximate surface area is 92.1 Å². The molecule has 1 aromatic rings. The van der Waals surface area contributed by atoms with Gasteiger partial charge in [-0.05, 0) is 19.8 Å². The molecule has 0 spiro atoms. The van der Waals surface area contributed by atoms with Crippen molar-refractivity contribution in [2.24, 2.45) is 0 Å². The lowest BCUT2D eigenvalue weighted by Gasteiger charge is -2.00. The monoisotopic (exact) mass is 209 g/mol. The van der Waals surface area contributed by atoms with Crippen LogP contribution in [0.15, 0.2) is 0 Å². The molecule has 3 nitrogen and oxygen atoms in total. The van der Waals surface area contributed by atoms with Gasteiger partial charge in [-0.25, -0.2) is 0 Å². The zero-order valence-electron chi connectivity index (χ0n) is 10.5. The first-order valence-electron chi connectivity index (χ1n) is 5.79. The molecule has 1 aromatic heterocycles. The van der Waals surface area contributed by atoms with Crippen LogP contribution in [0.1, 0.15) is 47.5 Å². The van der Waals surface area contributed by atoms with Gasteiger partial charge in [-0.1, -0.05) is 39.3 Å². The largest absolute Gasteiger partial charge is 0.382 e. The zero-order valence-corrected chi connectivity index (χ0v) is 10.5. The van der Waals surface area contributed by atoms with Crippen LogP contribution in [0.5, 0.6) is 0 Å². The van der Waals surface area contributed by atoms with Gasteiger partial charge in [0.15, 0.2) is 5.82 Å². The molecule has 2 rings (SSSR count). The van der Waals surface area contributed by atoms with E-state index in [9.17, 15) is 0 Å². The van der Waals surface area contributed by atoms with Crippen LogP contribution < -0.4 is 16.3 Å². The van der Waals surface area contributed by atoms with E-state index >= 15 is 0 Å². The number of H-pyrrole nitrogens is 1. The van der Waals surface area contributed by atoms with E-state index in [2.05, 4.69) is 23.2 Å². The van der Waals surface area contributed by atoms with Gasteiger partial charge in [0.25, 0.3) is 0 Å². The van der Waals surface area contributed by atoms with Gasteiger partial charge in [0, 0.05) is 5.22 Å². The van der Waals surface area contributed by atoms with Gasteiger partial charge in [-0.15, -0.1) is 0 Å². The maximum Gasteiger partial charge on any atom is 0.153 e. The first-order chi connectivity index (χ1) is 7.29. The molecule has 0 saturated heterocycles. The number of aromatic nitrogens is 2. The Hall–Kier alpha value is -1.25. The van der Waals surface area contributed by atoms with E-state index in [0.29, 0.717) is 5.82 Å². The summed E-state index contributed by atoms with van der Waals surface area (Å²) in [4.78, 5) is 0. The number of rotatable bonds is 0. The van der Waals surface area contributed by atoms with Gasteiger partial charge in [0.1, 0.15) is 0 Å². The minimum Gasteiger partial charge on any atom is -0.382 e. The van der Waals surface area contributed by atoms with E-state index in [1.807, 2.05) is 27.7 Å². The molecule has 0 unspecified atom stereocenters. The summed E-state index contributed by atoms with van der Waals surface area (Å²) in [5, 5.41) is 9.06. The van der Waals surface area contributed by atoms with E-state index in [0.717, 1.165) is 23.4 Å². The molecule has 0 atom stereocenters. The maximum atomic E-state index is 5.67. The lowest BCUT2D eigenvalue weighted by Crippen LogP contribution is -2.28. The number of anilines is 1. The Balaban J connectivity index is 0.000000442. The molecular formula is C12H23N3. The maximum absolute atomic E-state index is 5.67. The molecule has 0 saturated carbocycles. The van der Waals surface area contributed by atoms with Crippen LogP contribution in [0, 0.1) is 0 Å². The van der Waals surface area contributed by atoms with Crippen molar-refractivity contribution in [3.05, 3.63) is 10.6 Å². The normalized spacial score (nSPS) is 12.5. The lowest BCUT2D eigenvalue weighted by molar-refractivity contribution is 1.02. The third-order valence-corrected chi connectivity index (χ3v) is 2.12. The zero-order chi connectivity index (χ0) is 11.8. The molecule has 0 amide bonds. The second-order valence-corrected chi connectivity index (χ2v) is 2.92. The summed E-state index contributed by atoms with van der Waals surface area (Å²) in [5.41, 5.74) is 7.01. The molecule has 0 aromatic carbocycles. The Bertz CT molecular complexity index is 387. The van der Waals surface area contributed by atoms with Crippen molar-refractivity contribution in [1.29, 1.82) is 0 Å². The Morgan fingerprint density at radius 2 is 1.87 bits per heavy atom. The van der Waals surface area contributed by atoms with Crippen molar-refractivity contribution >= 4 is 17.5 Å². The number of fused-ring (bicyclic) bond motifs is 1. The van der Waals surface area contributed by atoms with Gasteiger partial charge in [-0.3, -0.25) is 5.10 Å². The van der Waals surface area contributed by atoms with Gasteiger partial charge >= 0.3 is 0 Å². The standard InChI is InChI=1S/C8H11N3.2C2H6/c1-5-3-2-4-6-7(5)8(9)11-10-6;2*1-2/h4,10H,2-3H2,1H3,(H2,9,11);2*1-2H3. The van der Waals surface area contributed by atoms with Gasteiger partial charge in [0.2, 0.25) is 0 Å². The molecule has 1 aliphatic carbocycles. The highest BCUT2D eigenvalue weighted by Gasteiger charge is 2.04. The highest BCUT2D eigenvalue weighted by Crippen LogP contribution is 2.06. The van der Waals surface area contributed by atoms with E-state index in [1.165, 1.54) is 5.57 Å². The molecule has 1 heterocycles. The highest BCUT2D eigenvalue weighted by atomic mass is 15.1. The van der Waals surface area contributed by atoms with Crippen molar-refractivity contribution < 1.29 is 0 Å². The first kappa shape index (κ1) is 13.8. The molecule has 3 heteroatoms. The van der Waals surface area contributed by atoms with Crippen LogP contribution in [0.2, 0.25) is 0 Å². The van der Waals surface area contributed by atoms with Crippen LogP contribution in [0.25, 0.3) is 11.6 Å². The van der Waals surface area contributed by atoms with Crippen LogP contribution in [0.4, 0.5) is 5.82 Å². The summed E-state index contributed by atoms with van der Waals surface area (Å²) in [6.07, 6.45) is 4.35. The molecule has 0 fully saturated rings. The molecule has 15 heavy (non-hydrogen) atoms. The summed E-state index contributed by atoms with van der Waals surface area (Å²) < 4.78 is 0. The fourth-order valence-electron chi connectivity index (χ4n) is 1.52. The summed E-state index contributed by atoms with van der Waals surface area (Å²) in [7, 11) is 0. The Morgan fingerprint density at radius 1 is 1.27 bits per heavy atom. The van der Waals surface area contributed by atoms with Crippen LogP contribution >= 0.6 is 0 Å². The summed E-state index contributed by atoms with van der Waals surface area (Å²) >= 11 is 0. The fraction of sp³-hybridized carbons (Fsp3) is 0.583. The number of nitrogen functional groups attached to an aromatic ring is 1. The van der Waals surface area contributed by atoms with Crippen LogP contribution in [-0.2, 0) is 0 Å². The van der Waals surface area contributed by atoms with Crippen molar-refractivity contribution in [3.63, 3.8) is 0 Å². The van der Waals surface area contributed by atoms with E-state index in [1.54, 1.807) is 0 Å². The molecule has 3 N–H and O–H groups in total. The van der Waals surface area contributed by atoms with E-state index in [4.69, 9.17) is 5.73 Å². The van der Waals surface area contributed by atoms with Gasteiger partial charge in [0.05, 0.1) is 5.35 Å². The highest BCUT2D eigenvalue weighted by molar-refractivity contribution is 5.53. The van der Waals surface area contributed by atoms with Crippen molar-refractivity contribution in [2.75, 3.05) is 5.73 Å². The second kappa shape index (κ2) is 7.10. The predicted molar refractivity (Wildman–Crippen MR) is 67.7 cm³/mol. The second-order valence-electron chi connectivity index (χ2n) is 2.92. The molecular weight excluding hydrogens is 186 g/mol. The Kier molecular flexibility index (Phi) is 6.50. The van der Waals surface area contributed by atoms with Crippen molar-refractivity contribution in [2.45, 2.75) is 47.5 Å². The third-order valence-electron chi connectivity index (χ3n) is 2.12. The minimum atomic E-state index is 0.633. The molecule has 0 aliphatic heterocycles. The summed E-state index contributed by atoms with van der Waals surface area (Å²) in [5.74, 6) is 0.633. The molecule has 0 bridgehead atoms. The summed E-state index contributed by atoms with van der Waals surface area (Å²) in [6.45, 7) is 10.1. The predicted octanol–water partition coefficient (Wildman–Crippen LogP) is 1.79. The third kappa shape index (κ3) is 3.11. The molecule has 0 radical (unpaired) electrons. The van der Waals surface area contributed by atoms with E-state index < -0.39 is 0 Å². The number of nitrogens with one attached hydrogen (secondary N) is 1. The summed E-state index contributed by atoms with van der Waals surface area (Å²) in [6, 6.07) is 0. The van der Waals surface area contributed by atoms with Crippen molar-refractivity contribution in [1.82, 2.24) is 10.2 Å².